The van der Waals surface area contributed by atoms with Crippen molar-refractivity contribution in [2.45, 2.75) is 51.7 Å². The van der Waals surface area contributed by atoms with Crippen molar-refractivity contribution in [2.75, 3.05) is 0 Å². The lowest BCUT2D eigenvalue weighted by molar-refractivity contribution is -0.135. The van der Waals surface area contributed by atoms with Gasteiger partial charge < -0.3 is 4.74 Å². The topological polar surface area (TPSA) is 46.6 Å². The van der Waals surface area contributed by atoms with E-state index >= 15 is 0 Å². The first-order chi connectivity index (χ1) is 9.78. The van der Waals surface area contributed by atoms with Crippen molar-refractivity contribution in [1.82, 2.24) is 4.90 Å². The lowest BCUT2D eigenvalue weighted by atomic mass is 9.95. The number of benzene rings is 1. The Morgan fingerprint density at radius 2 is 1.90 bits per heavy atom. The molecule has 4 nitrogen and oxygen atoms in total. The summed E-state index contributed by atoms with van der Waals surface area (Å²) >= 11 is 3.39. The number of carbonyl (C=O) groups excluding carboxylic acids is 2. The van der Waals surface area contributed by atoms with Crippen LogP contribution in [0.15, 0.2) is 28.7 Å². The summed E-state index contributed by atoms with van der Waals surface area (Å²) in [7, 11) is 0. The van der Waals surface area contributed by atoms with Crippen molar-refractivity contribution < 1.29 is 14.3 Å². The molecule has 1 aliphatic rings. The molecule has 1 heterocycles. The summed E-state index contributed by atoms with van der Waals surface area (Å²) in [5, 5.41) is 0. The number of halogens is 1. The summed E-state index contributed by atoms with van der Waals surface area (Å²) in [6, 6.07) is 7.47. The highest BCUT2D eigenvalue weighted by Crippen LogP contribution is 2.33. The van der Waals surface area contributed by atoms with E-state index in [4.69, 9.17) is 4.74 Å². The number of amides is 2. The molecule has 0 N–H and O–H groups in total. The van der Waals surface area contributed by atoms with Crippen LogP contribution in [0.2, 0.25) is 0 Å². The SMILES string of the molecule is CC(C)(C)OC(=O)N1C(=O)CCCC1c1ccc(Br)cc1. The molecule has 1 saturated heterocycles. The van der Waals surface area contributed by atoms with Crippen LogP contribution in [-0.4, -0.2) is 22.5 Å². The van der Waals surface area contributed by atoms with Crippen LogP contribution in [-0.2, 0) is 9.53 Å². The molecule has 1 aromatic rings. The molecule has 0 aliphatic carbocycles. The minimum Gasteiger partial charge on any atom is -0.443 e. The Balaban J connectivity index is 2.27. The van der Waals surface area contributed by atoms with Crippen LogP contribution >= 0.6 is 15.9 Å². The van der Waals surface area contributed by atoms with Gasteiger partial charge in [-0.25, -0.2) is 9.69 Å². The maximum absolute atomic E-state index is 12.3. The largest absolute Gasteiger partial charge is 0.443 e. The molecule has 1 unspecified atom stereocenters. The monoisotopic (exact) mass is 353 g/mol. The molecule has 0 aromatic heterocycles. The van der Waals surface area contributed by atoms with Crippen molar-refractivity contribution in [2.24, 2.45) is 0 Å². The Morgan fingerprint density at radius 1 is 1.29 bits per heavy atom. The van der Waals surface area contributed by atoms with Gasteiger partial charge in [0.2, 0.25) is 5.91 Å². The van der Waals surface area contributed by atoms with Crippen LogP contribution in [0.3, 0.4) is 0 Å². The zero-order chi connectivity index (χ0) is 15.6. The van der Waals surface area contributed by atoms with Gasteiger partial charge in [-0.15, -0.1) is 0 Å². The van der Waals surface area contributed by atoms with Crippen LogP contribution < -0.4 is 0 Å². The third kappa shape index (κ3) is 4.06. The highest BCUT2D eigenvalue weighted by molar-refractivity contribution is 9.10. The second-order valence-corrected chi connectivity index (χ2v) is 7.12. The van der Waals surface area contributed by atoms with E-state index in [-0.39, 0.29) is 11.9 Å². The fraction of sp³-hybridized carbons (Fsp3) is 0.500. The molecule has 0 spiro atoms. The van der Waals surface area contributed by atoms with E-state index in [2.05, 4.69) is 15.9 Å². The van der Waals surface area contributed by atoms with E-state index in [1.165, 1.54) is 4.90 Å². The van der Waals surface area contributed by atoms with Gasteiger partial charge in [-0.1, -0.05) is 28.1 Å². The van der Waals surface area contributed by atoms with E-state index in [0.29, 0.717) is 6.42 Å². The van der Waals surface area contributed by atoms with E-state index < -0.39 is 11.7 Å². The van der Waals surface area contributed by atoms with E-state index in [1.807, 2.05) is 24.3 Å². The summed E-state index contributed by atoms with van der Waals surface area (Å²) in [4.78, 5) is 25.8. The van der Waals surface area contributed by atoms with Crippen LogP contribution in [0.25, 0.3) is 0 Å². The zero-order valence-electron chi connectivity index (χ0n) is 12.6. The molecule has 114 valence electrons. The van der Waals surface area contributed by atoms with Crippen molar-refractivity contribution in [1.29, 1.82) is 0 Å². The Labute approximate surface area is 133 Å². The summed E-state index contributed by atoms with van der Waals surface area (Å²) in [6.45, 7) is 5.40. The molecule has 1 fully saturated rings. The van der Waals surface area contributed by atoms with Crippen molar-refractivity contribution in [3.63, 3.8) is 0 Å². The van der Waals surface area contributed by atoms with Crippen molar-refractivity contribution >= 4 is 27.9 Å². The molecular formula is C16H20BrNO3. The number of piperidine rings is 1. The molecule has 0 radical (unpaired) electrons. The van der Waals surface area contributed by atoms with Gasteiger partial charge in [0.25, 0.3) is 0 Å². The number of hydrogen-bond acceptors (Lipinski definition) is 3. The smallest absolute Gasteiger partial charge is 0.417 e. The number of nitrogens with zero attached hydrogens (tertiary/aromatic N) is 1. The maximum atomic E-state index is 12.3. The highest BCUT2D eigenvalue weighted by Gasteiger charge is 2.36. The van der Waals surface area contributed by atoms with Crippen LogP contribution in [0.4, 0.5) is 4.79 Å². The molecule has 2 amide bonds. The summed E-state index contributed by atoms with van der Waals surface area (Å²) in [5.41, 5.74) is 0.344. The summed E-state index contributed by atoms with van der Waals surface area (Å²) in [6.07, 6.45) is 1.40. The van der Waals surface area contributed by atoms with Crippen LogP contribution in [0, 0.1) is 0 Å². The van der Waals surface area contributed by atoms with E-state index in [1.54, 1.807) is 20.8 Å². The number of hydrogen-bond donors (Lipinski definition) is 0. The Kier molecular flexibility index (Phi) is 4.71. The zero-order valence-corrected chi connectivity index (χ0v) is 14.1. The normalized spacial score (nSPS) is 19.5. The lowest BCUT2D eigenvalue weighted by Crippen LogP contribution is -2.45. The second-order valence-electron chi connectivity index (χ2n) is 6.20. The second kappa shape index (κ2) is 6.18. The van der Waals surface area contributed by atoms with Gasteiger partial charge in [0.1, 0.15) is 5.60 Å². The molecule has 1 atom stereocenters. The first kappa shape index (κ1) is 16.0. The van der Waals surface area contributed by atoms with Gasteiger partial charge in [0, 0.05) is 10.9 Å². The van der Waals surface area contributed by atoms with Gasteiger partial charge in [0.15, 0.2) is 0 Å². The third-order valence-electron chi connectivity index (χ3n) is 3.29. The van der Waals surface area contributed by atoms with Crippen molar-refractivity contribution in [3.05, 3.63) is 34.3 Å². The fourth-order valence-corrected chi connectivity index (χ4v) is 2.68. The fourth-order valence-electron chi connectivity index (χ4n) is 2.41. The van der Waals surface area contributed by atoms with Gasteiger partial charge in [0.05, 0.1) is 6.04 Å². The number of ether oxygens (including phenoxy) is 1. The van der Waals surface area contributed by atoms with Gasteiger partial charge in [-0.3, -0.25) is 4.79 Å². The summed E-state index contributed by atoms with van der Waals surface area (Å²) < 4.78 is 6.35. The molecule has 0 bridgehead atoms. The van der Waals surface area contributed by atoms with E-state index in [0.717, 1.165) is 22.9 Å². The average Bonchev–Trinajstić information content (AvgIpc) is 2.37. The summed E-state index contributed by atoms with van der Waals surface area (Å²) in [5.74, 6) is -0.164. The van der Waals surface area contributed by atoms with Crippen LogP contribution in [0.5, 0.6) is 0 Å². The maximum Gasteiger partial charge on any atom is 0.417 e. The van der Waals surface area contributed by atoms with E-state index in [9.17, 15) is 9.59 Å². The molecule has 0 saturated carbocycles. The molecule has 5 heteroatoms. The minimum absolute atomic E-state index is 0.164. The van der Waals surface area contributed by atoms with Gasteiger partial charge in [-0.05, 0) is 51.3 Å². The molecular weight excluding hydrogens is 334 g/mol. The van der Waals surface area contributed by atoms with Gasteiger partial charge >= 0.3 is 6.09 Å². The highest BCUT2D eigenvalue weighted by atomic mass is 79.9. The number of likely N-dealkylation sites (tertiary alicyclic amines) is 1. The number of rotatable bonds is 1. The molecule has 1 aromatic carbocycles. The Hall–Kier alpha value is -1.36. The predicted octanol–water partition coefficient (Wildman–Crippen LogP) is 4.44. The molecule has 2 rings (SSSR count). The van der Waals surface area contributed by atoms with Gasteiger partial charge in [-0.2, -0.15) is 0 Å². The molecule has 1 aliphatic heterocycles. The first-order valence-electron chi connectivity index (χ1n) is 7.08. The average molecular weight is 354 g/mol. The van der Waals surface area contributed by atoms with Crippen LogP contribution in [0.1, 0.15) is 51.6 Å². The first-order valence-corrected chi connectivity index (χ1v) is 7.88. The number of imide groups is 1. The molecule has 21 heavy (non-hydrogen) atoms. The minimum atomic E-state index is -0.612. The third-order valence-corrected chi connectivity index (χ3v) is 3.82. The lowest BCUT2D eigenvalue weighted by Gasteiger charge is -2.35. The predicted molar refractivity (Wildman–Crippen MR) is 83.8 cm³/mol. The quantitative estimate of drug-likeness (QED) is 0.749. The Bertz CT molecular complexity index is 533. The number of carbonyl (C=O) groups is 2. The Morgan fingerprint density at radius 3 is 2.48 bits per heavy atom. The van der Waals surface area contributed by atoms with Crippen molar-refractivity contribution in [3.8, 4) is 0 Å². The standard InChI is InChI=1S/C16H20BrNO3/c1-16(2,3)21-15(20)18-13(5-4-6-14(18)19)11-7-9-12(17)10-8-11/h7-10,13H,4-6H2,1-3H3.